The van der Waals surface area contributed by atoms with Crippen molar-refractivity contribution in [1.82, 2.24) is 10.3 Å². The Bertz CT molecular complexity index is 611. The second-order valence-corrected chi connectivity index (χ2v) is 5.38. The molecule has 1 heterocycles. The summed E-state index contributed by atoms with van der Waals surface area (Å²) in [4.78, 5) is 15.1. The Morgan fingerprint density at radius 2 is 2.22 bits per heavy atom. The van der Waals surface area contributed by atoms with E-state index >= 15 is 0 Å². The summed E-state index contributed by atoms with van der Waals surface area (Å²) in [6.45, 7) is 2.55. The average Bonchev–Trinajstić information content (AvgIpc) is 2.96. The number of H-pyrrole nitrogens is 1. The Hall–Kier alpha value is -1.97. The molecule has 18 heavy (non-hydrogen) atoms. The monoisotopic (exact) mass is 243 g/mol. The molecular formula is C14H17N3O. The number of aromatic amines is 1. The number of nitrogens with two attached hydrogens (primary N) is 1. The number of anilines is 1. The zero-order chi connectivity index (χ0) is 12.8. The fourth-order valence-corrected chi connectivity index (χ4v) is 2.10. The molecule has 0 unspecified atom stereocenters. The Balaban J connectivity index is 1.73. The van der Waals surface area contributed by atoms with Crippen LogP contribution < -0.4 is 11.1 Å². The number of hydrogen-bond donors (Lipinski definition) is 3. The van der Waals surface area contributed by atoms with Crippen molar-refractivity contribution in [3.05, 3.63) is 30.0 Å². The largest absolute Gasteiger partial charge is 0.399 e. The Kier molecular flexibility index (Phi) is 2.33. The molecule has 0 atom stereocenters. The molecule has 0 aliphatic heterocycles. The third-order valence-electron chi connectivity index (χ3n) is 3.69. The fraction of sp³-hybridized carbons (Fsp3) is 0.357. The SMILES string of the molecule is CC1(C(=O)NCc2cc3ccc(N)cc3[nH]2)CC1. The van der Waals surface area contributed by atoms with Gasteiger partial charge in [0.1, 0.15) is 0 Å². The zero-order valence-electron chi connectivity index (χ0n) is 10.4. The molecule has 0 spiro atoms. The van der Waals surface area contributed by atoms with Crippen molar-refractivity contribution in [2.45, 2.75) is 26.3 Å². The highest BCUT2D eigenvalue weighted by Crippen LogP contribution is 2.45. The molecule has 2 aromatic rings. The summed E-state index contributed by atoms with van der Waals surface area (Å²) in [6.07, 6.45) is 2.00. The maximum absolute atomic E-state index is 11.8. The van der Waals surface area contributed by atoms with Gasteiger partial charge in [-0.15, -0.1) is 0 Å². The van der Waals surface area contributed by atoms with Gasteiger partial charge in [-0.05, 0) is 36.4 Å². The van der Waals surface area contributed by atoms with Gasteiger partial charge in [-0.1, -0.05) is 13.0 Å². The molecule has 1 aliphatic rings. The van der Waals surface area contributed by atoms with Gasteiger partial charge >= 0.3 is 0 Å². The van der Waals surface area contributed by atoms with Gasteiger partial charge in [-0.2, -0.15) is 0 Å². The number of aromatic nitrogens is 1. The molecule has 0 saturated heterocycles. The van der Waals surface area contributed by atoms with Crippen LogP contribution in [0, 0.1) is 5.41 Å². The van der Waals surface area contributed by atoms with Crippen LogP contribution in [0.4, 0.5) is 5.69 Å². The first-order valence-corrected chi connectivity index (χ1v) is 6.22. The molecule has 1 aromatic carbocycles. The predicted octanol–water partition coefficient (Wildman–Crippen LogP) is 2.17. The van der Waals surface area contributed by atoms with Crippen molar-refractivity contribution in [1.29, 1.82) is 0 Å². The summed E-state index contributed by atoms with van der Waals surface area (Å²) >= 11 is 0. The van der Waals surface area contributed by atoms with E-state index < -0.39 is 0 Å². The number of nitrogens with one attached hydrogen (secondary N) is 2. The molecule has 1 saturated carbocycles. The third kappa shape index (κ3) is 1.94. The molecule has 1 aliphatic carbocycles. The van der Waals surface area contributed by atoms with E-state index in [1.54, 1.807) is 0 Å². The zero-order valence-corrected chi connectivity index (χ0v) is 10.4. The van der Waals surface area contributed by atoms with E-state index in [2.05, 4.69) is 10.3 Å². The van der Waals surface area contributed by atoms with E-state index in [0.29, 0.717) is 6.54 Å². The van der Waals surface area contributed by atoms with Crippen molar-refractivity contribution < 1.29 is 4.79 Å². The van der Waals surface area contributed by atoms with Crippen molar-refractivity contribution in [3.63, 3.8) is 0 Å². The topological polar surface area (TPSA) is 70.9 Å². The molecule has 1 amide bonds. The molecule has 94 valence electrons. The number of rotatable bonds is 3. The lowest BCUT2D eigenvalue weighted by atomic mass is 10.1. The third-order valence-corrected chi connectivity index (χ3v) is 3.69. The van der Waals surface area contributed by atoms with E-state index in [4.69, 9.17) is 5.73 Å². The fourth-order valence-electron chi connectivity index (χ4n) is 2.10. The summed E-state index contributed by atoms with van der Waals surface area (Å²) in [6, 6.07) is 7.81. The number of amides is 1. The quantitative estimate of drug-likeness (QED) is 0.723. The second-order valence-electron chi connectivity index (χ2n) is 5.38. The summed E-state index contributed by atoms with van der Waals surface area (Å²) in [5.41, 5.74) is 8.38. The number of fused-ring (bicyclic) bond motifs is 1. The summed E-state index contributed by atoms with van der Waals surface area (Å²) in [5.74, 6) is 0.153. The van der Waals surface area contributed by atoms with E-state index in [1.165, 1.54) is 0 Å². The standard InChI is InChI=1S/C14H17N3O/c1-14(4-5-14)13(18)16-8-11-6-9-2-3-10(15)7-12(9)17-11/h2-3,6-7,17H,4-5,8,15H2,1H3,(H,16,18). The first kappa shape index (κ1) is 11.1. The number of carbonyl (C=O) groups is 1. The second kappa shape index (κ2) is 3.77. The van der Waals surface area contributed by atoms with Crippen LogP contribution in [0.5, 0.6) is 0 Å². The average molecular weight is 243 g/mol. The highest BCUT2D eigenvalue weighted by molar-refractivity contribution is 5.85. The molecule has 4 nitrogen and oxygen atoms in total. The van der Waals surface area contributed by atoms with Crippen LogP contribution in [-0.4, -0.2) is 10.9 Å². The lowest BCUT2D eigenvalue weighted by Gasteiger charge is -2.08. The number of nitrogen functional groups attached to an aromatic ring is 1. The van der Waals surface area contributed by atoms with Gasteiger partial charge in [-0.25, -0.2) is 0 Å². The van der Waals surface area contributed by atoms with Gasteiger partial charge in [0.25, 0.3) is 0 Å². The van der Waals surface area contributed by atoms with Crippen LogP contribution in [0.25, 0.3) is 10.9 Å². The van der Waals surface area contributed by atoms with Crippen LogP contribution in [-0.2, 0) is 11.3 Å². The van der Waals surface area contributed by atoms with Crippen LogP contribution in [0.2, 0.25) is 0 Å². The van der Waals surface area contributed by atoms with Gasteiger partial charge in [0.15, 0.2) is 0 Å². The summed E-state index contributed by atoms with van der Waals surface area (Å²) < 4.78 is 0. The van der Waals surface area contributed by atoms with Crippen molar-refractivity contribution in [2.24, 2.45) is 5.41 Å². The minimum absolute atomic E-state index is 0.115. The van der Waals surface area contributed by atoms with Gasteiger partial charge in [0, 0.05) is 22.3 Å². The molecule has 3 rings (SSSR count). The Morgan fingerprint density at radius 3 is 2.94 bits per heavy atom. The molecule has 0 radical (unpaired) electrons. The summed E-state index contributed by atoms with van der Waals surface area (Å²) in [7, 11) is 0. The normalized spacial score (nSPS) is 16.7. The van der Waals surface area contributed by atoms with Crippen molar-refractivity contribution in [3.8, 4) is 0 Å². The molecule has 4 heteroatoms. The first-order valence-electron chi connectivity index (χ1n) is 6.22. The predicted molar refractivity (Wildman–Crippen MR) is 71.9 cm³/mol. The lowest BCUT2D eigenvalue weighted by molar-refractivity contribution is -0.125. The van der Waals surface area contributed by atoms with Crippen molar-refractivity contribution in [2.75, 3.05) is 5.73 Å². The molecule has 0 bridgehead atoms. The molecule has 1 fully saturated rings. The highest BCUT2D eigenvalue weighted by atomic mass is 16.2. The maximum atomic E-state index is 11.8. The van der Waals surface area contributed by atoms with E-state index in [1.807, 2.05) is 31.2 Å². The molecular weight excluding hydrogens is 226 g/mol. The van der Waals surface area contributed by atoms with Crippen LogP contribution >= 0.6 is 0 Å². The minimum atomic E-state index is -0.115. The van der Waals surface area contributed by atoms with Crippen LogP contribution in [0.15, 0.2) is 24.3 Å². The van der Waals surface area contributed by atoms with E-state index in [-0.39, 0.29) is 11.3 Å². The Morgan fingerprint density at radius 1 is 1.44 bits per heavy atom. The van der Waals surface area contributed by atoms with Crippen LogP contribution in [0.3, 0.4) is 0 Å². The van der Waals surface area contributed by atoms with E-state index in [9.17, 15) is 4.79 Å². The molecule has 4 N–H and O–H groups in total. The minimum Gasteiger partial charge on any atom is -0.399 e. The number of carbonyl (C=O) groups excluding carboxylic acids is 1. The highest BCUT2D eigenvalue weighted by Gasteiger charge is 2.44. The van der Waals surface area contributed by atoms with Gasteiger partial charge in [0.2, 0.25) is 5.91 Å². The van der Waals surface area contributed by atoms with Crippen LogP contribution in [0.1, 0.15) is 25.5 Å². The number of benzene rings is 1. The summed E-state index contributed by atoms with van der Waals surface area (Å²) in [5, 5.41) is 4.09. The maximum Gasteiger partial charge on any atom is 0.226 e. The smallest absolute Gasteiger partial charge is 0.226 e. The first-order chi connectivity index (χ1) is 8.57. The van der Waals surface area contributed by atoms with Gasteiger partial charge in [0.05, 0.1) is 6.54 Å². The van der Waals surface area contributed by atoms with Gasteiger partial charge < -0.3 is 16.0 Å². The number of hydrogen-bond acceptors (Lipinski definition) is 2. The lowest BCUT2D eigenvalue weighted by Crippen LogP contribution is -2.29. The Labute approximate surface area is 106 Å². The molecule has 1 aromatic heterocycles. The van der Waals surface area contributed by atoms with Gasteiger partial charge in [-0.3, -0.25) is 4.79 Å². The van der Waals surface area contributed by atoms with E-state index in [0.717, 1.165) is 35.1 Å². The van der Waals surface area contributed by atoms with Crippen molar-refractivity contribution >= 4 is 22.5 Å².